The predicted molar refractivity (Wildman–Crippen MR) is 95.7 cm³/mol. The molecular formula is C19H21F3N2O3. The number of benzene rings is 2. The van der Waals surface area contributed by atoms with Crippen molar-refractivity contribution in [3.63, 3.8) is 0 Å². The first-order valence-corrected chi connectivity index (χ1v) is 8.14. The van der Waals surface area contributed by atoms with E-state index >= 15 is 0 Å². The smallest absolute Gasteiger partial charge is 0.387 e. The third kappa shape index (κ3) is 6.18. The second-order valence-electron chi connectivity index (χ2n) is 6.07. The van der Waals surface area contributed by atoms with Crippen LogP contribution in [-0.2, 0) is 11.3 Å². The molecule has 2 rings (SSSR count). The molecule has 1 amide bonds. The molecule has 0 heterocycles. The standard InChI is InChI=1S/C19H21F3N2O3/c1-12-4-6-15(14(20)8-12)23-18(25)11-24(2)10-13-5-7-16(27-19(21)22)17(9-13)26-3/h4-9,19H,10-11H2,1-3H3,(H,23,25). The Morgan fingerprint density at radius 1 is 1.19 bits per heavy atom. The fourth-order valence-electron chi connectivity index (χ4n) is 2.53. The van der Waals surface area contributed by atoms with Gasteiger partial charge >= 0.3 is 6.61 Å². The summed E-state index contributed by atoms with van der Waals surface area (Å²) in [4.78, 5) is 13.8. The second kappa shape index (κ2) is 9.27. The van der Waals surface area contributed by atoms with E-state index in [1.54, 1.807) is 37.1 Å². The van der Waals surface area contributed by atoms with E-state index in [1.165, 1.54) is 25.3 Å². The van der Waals surface area contributed by atoms with E-state index in [9.17, 15) is 18.0 Å². The van der Waals surface area contributed by atoms with Crippen molar-refractivity contribution in [2.45, 2.75) is 20.1 Å². The number of hydrogen-bond acceptors (Lipinski definition) is 4. The van der Waals surface area contributed by atoms with Crippen molar-refractivity contribution in [3.8, 4) is 11.5 Å². The minimum Gasteiger partial charge on any atom is -0.493 e. The Labute approximate surface area is 155 Å². The van der Waals surface area contributed by atoms with Crippen LogP contribution < -0.4 is 14.8 Å². The number of carbonyl (C=O) groups excluding carboxylic acids is 1. The molecule has 0 saturated carbocycles. The number of methoxy groups -OCH3 is 1. The first kappa shape index (κ1) is 20.6. The van der Waals surface area contributed by atoms with E-state index < -0.39 is 12.4 Å². The third-order valence-electron chi connectivity index (χ3n) is 3.71. The zero-order chi connectivity index (χ0) is 20.0. The predicted octanol–water partition coefficient (Wildman–Crippen LogP) is 3.81. The molecule has 0 aromatic heterocycles. The lowest BCUT2D eigenvalue weighted by Gasteiger charge is -2.18. The van der Waals surface area contributed by atoms with Gasteiger partial charge in [-0.05, 0) is 49.4 Å². The van der Waals surface area contributed by atoms with E-state index in [2.05, 4.69) is 10.1 Å². The lowest BCUT2D eigenvalue weighted by molar-refractivity contribution is -0.117. The molecule has 0 atom stereocenters. The second-order valence-corrected chi connectivity index (χ2v) is 6.07. The quantitative estimate of drug-likeness (QED) is 0.754. The van der Waals surface area contributed by atoms with Gasteiger partial charge in [-0.3, -0.25) is 9.69 Å². The minimum atomic E-state index is -2.95. The number of likely N-dealkylation sites (N-methyl/N-ethyl adjacent to an activating group) is 1. The van der Waals surface area contributed by atoms with Crippen LogP contribution in [0.2, 0.25) is 0 Å². The van der Waals surface area contributed by atoms with Gasteiger partial charge < -0.3 is 14.8 Å². The summed E-state index contributed by atoms with van der Waals surface area (Å²) in [5.41, 5.74) is 1.62. The van der Waals surface area contributed by atoms with Crippen LogP contribution in [0, 0.1) is 12.7 Å². The number of anilines is 1. The average Bonchev–Trinajstić information content (AvgIpc) is 2.58. The van der Waals surface area contributed by atoms with Gasteiger partial charge in [-0.1, -0.05) is 12.1 Å². The molecule has 8 heteroatoms. The average molecular weight is 382 g/mol. The maximum Gasteiger partial charge on any atom is 0.387 e. The van der Waals surface area contributed by atoms with Crippen LogP contribution in [0.4, 0.5) is 18.9 Å². The van der Waals surface area contributed by atoms with Crippen molar-refractivity contribution in [1.82, 2.24) is 4.90 Å². The Kier molecular flexibility index (Phi) is 7.06. The highest BCUT2D eigenvalue weighted by atomic mass is 19.3. The number of aryl methyl sites for hydroxylation is 1. The maximum atomic E-state index is 13.8. The molecule has 0 fully saturated rings. The summed E-state index contributed by atoms with van der Waals surface area (Å²) in [5, 5.41) is 2.52. The molecule has 0 bridgehead atoms. The van der Waals surface area contributed by atoms with Crippen LogP contribution in [0.15, 0.2) is 36.4 Å². The lowest BCUT2D eigenvalue weighted by atomic mass is 10.2. The van der Waals surface area contributed by atoms with Gasteiger partial charge in [0.1, 0.15) is 5.82 Å². The van der Waals surface area contributed by atoms with E-state index in [0.717, 1.165) is 11.1 Å². The Hall–Kier alpha value is -2.74. The van der Waals surface area contributed by atoms with Gasteiger partial charge in [0.2, 0.25) is 5.91 Å². The van der Waals surface area contributed by atoms with Gasteiger partial charge in [0.05, 0.1) is 19.3 Å². The third-order valence-corrected chi connectivity index (χ3v) is 3.71. The largest absolute Gasteiger partial charge is 0.493 e. The molecule has 0 saturated heterocycles. The van der Waals surface area contributed by atoms with Crippen molar-refractivity contribution in [2.75, 3.05) is 26.0 Å². The molecule has 2 aromatic rings. The summed E-state index contributed by atoms with van der Waals surface area (Å²) in [6.45, 7) is -0.813. The number of rotatable bonds is 8. The summed E-state index contributed by atoms with van der Waals surface area (Å²) in [5.74, 6) is -0.755. The summed E-state index contributed by atoms with van der Waals surface area (Å²) in [7, 11) is 3.06. The molecule has 0 unspecified atom stereocenters. The van der Waals surface area contributed by atoms with Crippen molar-refractivity contribution in [2.24, 2.45) is 0 Å². The summed E-state index contributed by atoms with van der Waals surface area (Å²) >= 11 is 0. The van der Waals surface area contributed by atoms with Gasteiger partial charge in [-0.25, -0.2) is 4.39 Å². The number of nitrogens with zero attached hydrogens (tertiary/aromatic N) is 1. The molecule has 27 heavy (non-hydrogen) atoms. The molecule has 0 aliphatic carbocycles. The first-order chi connectivity index (χ1) is 12.8. The summed E-state index contributed by atoms with van der Waals surface area (Å²) < 4.78 is 48.0. The molecule has 146 valence electrons. The molecule has 5 nitrogen and oxygen atoms in total. The number of halogens is 3. The van der Waals surface area contributed by atoms with Crippen LogP contribution in [0.1, 0.15) is 11.1 Å². The van der Waals surface area contributed by atoms with Crippen LogP contribution in [-0.4, -0.2) is 38.1 Å². The maximum absolute atomic E-state index is 13.8. The highest BCUT2D eigenvalue weighted by molar-refractivity contribution is 5.92. The number of nitrogens with one attached hydrogen (secondary N) is 1. The molecular weight excluding hydrogens is 361 g/mol. The fraction of sp³-hybridized carbons (Fsp3) is 0.316. The van der Waals surface area contributed by atoms with Crippen LogP contribution in [0.5, 0.6) is 11.5 Å². The zero-order valence-electron chi connectivity index (χ0n) is 15.3. The topological polar surface area (TPSA) is 50.8 Å². The Balaban J connectivity index is 1.96. The van der Waals surface area contributed by atoms with E-state index in [-0.39, 0.29) is 29.6 Å². The van der Waals surface area contributed by atoms with Crippen LogP contribution in [0.25, 0.3) is 0 Å². The Morgan fingerprint density at radius 2 is 1.93 bits per heavy atom. The minimum absolute atomic E-state index is 0.0188. The summed E-state index contributed by atoms with van der Waals surface area (Å²) in [6, 6.07) is 9.11. The van der Waals surface area contributed by atoms with Crippen LogP contribution in [0.3, 0.4) is 0 Å². The van der Waals surface area contributed by atoms with Gasteiger partial charge in [-0.2, -0.15) is 8.78 Å². The van der Waals surface area contributed by atoms with Gasteiger partial charge in [0.25, 0.3) is 0 Å². The highest BCUT2D eigenvalue weighted by Gasteiger charge is 2.14. The number of carbonyl (C=O) groups is 1. The number of alkyl halides is 2. The molecule has 0 aliphatic heterocycles. The van der Waals surface area contributed by atoms with Gasteiger partial charge in [0, 0.05) is 6.54 Å². The highest BCUT2D eigenvalue weighted by Crippen LogP contribution is 2.29. The molecule has 1 N–H and O–H groups in total. The SMILES string of the molecule is COc1cc(CN(C)CC(=O)Nc2ccc(C)cc2F)ccc1OC(F)F. The van der Waals surface area contributed by atoms with Gasteiger partial charge in [-0.15, -0.1) is 0 Å². The Morgan fingerprint density at radius 3 is 2.56 bits per heavy atom. The number of amides is 1. The number of ether oxygens (including phenoxy) is 2. The summed E-state index contributed by atoms with van der Waals surface area (Å²) in [6.07, 6.45) is 0. The van der Waals surface area contributed by atoms with E-state index in [0.29, 0.717) is 6.54 Å². The van der Waals surface area contributed by atoms with Crippen molar-refractivity contribution in [1.29, 1.82) is 0 Å². The molecule has 0 radical (unpaired) electrons. The lowest BCUT2D eigenvalue weighted by Crippen LogP contribution is -2.30. The van der Waals surface area contributed by atoms with Gasteiger partial charge in [0.15, 0.2) is 11.5 Å². The van der Waals surface area contributed by atoms with Crippen molar-refractivity contribution >= 4 is 11.6 Å². The van der Waals surface area contributed by atoms with Crippen molar-refractivity contribution < 1.29 is 27.4 Å². The van der Waals surface area contributed by atoms with Crippen molar-refractivity contribution in [3.05, 3.63) is 53.3 Å². The normalized spacial score (nSPS) is 11.0. The molecule has 0 spiro atoms. The molecule has 0 aliphatic rings. The molecule has 2 aromatic carbocycles. The van der Waals surface area contributed by atoms with E-state index in [1.807, 2.05) is 0 Å². The fourth-order valence-corrected chi connectivity index (χ4v) is 2.53. The van der Waals surface area contributed by atoms with E-state index in [4.69, 9.17) is 4.74 Å². The Bertz CT molecular complexity index is 800. The number of hydrogen-bond donors (Lipinski definition) is 1. The zero-order valence-corrected chi connectivity index (χ0v) is 15.3. The first-order valence-electron chi connectivity index (χ1n) is 8.14. The monoisotopic (exact) mass is 382 g/mol. The van der Waals surface area contributed by atoms with Crippen LogP contribution >= 0.6 is 0 Å².